The Morgan fingerprint density at radius 2 is 1.75 bits per heavy atom. The maximum absolute atomic E-state index is 12.1. The molecule has 0 spiro atoms. The molecule has 7 heteroatoms. The normalized spacial score (nSPS) is 20.3. The van der Waals surface area contributed by atoms with Crippen molar-refractivity contribution < 1.29 is 4.79 Å². The number of nitrogens with two attached hydrogens (primary N) is 1. The summed E-state index contributed by atoms with van der Waals surface area (Å²) in [6.45, 7) is 0.910. The molecule has 7 nitrogen and oxygen atoms in total. The zero-order valence-corrected chi connectivity index (χ0v) is 13.7. The molecule has 1 fully saturated rings. The van der Waals surface area contributed by atoms with Crippen molar-refractivity contribution in [3.63, 3.8) is 0 Å². The van der Waals surface area contributed by atoms with Gasteiger partial charge in [-0.2, -0.15) is 0 Å². The lowest BCUT2D eigenvalue weighted by Crippen LogP contribution is -2.40. The molecule has 2 aromatic rings. The number of primary amides is 1. The number of hydrogen-bond acceptors (Lipinski definition) is 4. The van der Waals surface area contributed by atoms with Crippen molar-refractivity contribution in [2.24, 2.45) is 25.7 Å². The summed E-state index contributed by atoms with van der Waals surface area (Å²) in [6, 6.07) is 11.1. The third kappa shape index (κ3) is 2.62. The molecule has 3 rings (SSSR count). The summed E-state index contributed by atoms with van der Waals surface area (Å²) >= 11 is 0. The number of nitrogens with zero attached hydrogens (tertiary/aromatic N) is 3. The molecule has 0 unspecified atom stereocenters. The summed E-state index contributed by atoms with van der Waals surface area (Å²) in [5.41, 5.74) is 5.85. The number of rotatable bonds is 3. The highest BCUT2D eigenvalue weighted by molar-refractivity contribution is 5.79. The van der Waals surface area contributed by atoms with Crippen LogP contribution in [-0.4, -0.2) is 28.1 Å². The summed E-state index contributed by atoms with van der Waals surface area (Å²) < 4.78 is 2.48. The minimum absolute atomic E-state index is 0.0668. The van der Waals surface area contributed by atoms with Crippen molar-refractivity contribution >= 4 is 11.7 Å². The zero-order valence-electron chi connectivity index (χ0n) is 13.7. The van der Waals surface area contributed by atoms with Crippen LogP contribution in [0.2, 0.25) is 0 Å². The van der Waals surface area contributed by atoms with Crippen molar-refractivity contribution in [2.75, 3.05) is 18.0 Å². The molecule has 126 valence electrons. The third-order valence-corrected chi connectivity index (χ3v) is 4.74. The van der Waals surface area contributed by atoms with Gasteiger partial charge in [0.2, 0.25) is 5.91 Å². The number of amides is 1. The standard InChI is InChI=1S/C17H20N4O3/c1-19-14(8-15(22)20(2)17(19)24)21-9-12(13(10-21)16(18)23)11-6-4-3-5-7-11/h3-8,12-13H,9-10H2,1-2H3,(H2,18,23)/t12-,13+/m1/s1. The Balaban J connectivity index is 2.02. The summed E-state index contributed by atoms with van der Waals surface area (Å²) in [5.74, 6) is -0.303. The maximum atomic E-state index is 12.1. The number of hydrogen-bond donors (Lipinski definition) is 1. The molecular formula is C17H20N4O3. The quantitative estimate of drug-likeness (QED) is 0.844. The second kappa shape index (κ2) is 5.99. The van der Waals surface area contributed by atoms with Gasteiger partial charge in [0.25, 0.3) is 5.56 Å². The summed E-state index contributed by atoms with van der Waals surface area (Å²) in [5, 5.41) is 0. The molecule has 2 atom stereocenters. The predicted octanol–water partition coefficient (Wildman–Crippen LogP) is -0.211. The van der Waals surface area contributed by atoms with Gasteiger partial charge in [-0.25, -0.2) is 4.79 Å². The van der Waals surface area contributed by atoms with E-state index >= 15 is 0 Å². The number of carbonyl (C=O) groups is 1. The topological polar surface area (TPSA) is 90.3 Å². The fourth-order valence-corrected chi connectivity index (χ4v) is 3.34. The molecule has 1 aromatic heterocycles. The average Bonchev–Trinajstić information content (AvgIpc) is 3.02. The number of benzene rings is 1. The van der Waals surface area contributed by atoms with Crippen LogP contribution in [0.3, 0.4) is 0 Å². The van der Waals surface area contributed by atoms with Gasteiger partial charge in [0.1, 0.15) is 5.82 Å². The fourth-order valence-electron chi connectivity index (χ4n) is 3.34. The molecule has 1 saturated heterocycles. The van der Waals surface area contributed by atoms with Gasteiger partial charge < -0.3 is 10.6 Å². The number of aromatic nitrogens is 2. The fraction of sp³-hybridized carbons (Fsp3) is 0.353. The van der Waals surface area contributed by atoms with Gasteiger partial charge in [-0.3, -0.25) is 18.7 Å². The van der Waals surface area contributed by atoms with Crippen LogP contribution in [0.25, 0.3) is 0 Å². The van der Waals surface area contributed by atoms with Crippen molar-refractivity contribution in [3.8, 4) is 0 Å². The SMILES string of the molecule is Cn1c(N2C[C@H](C(N)=O)[C@@H](c3ccccc3)C2)cc(=O)n(C)c1=O. The van der Waals surface area contributed by atoms with Gasteiger partial charge in [0, 0.05) is 39.2 Å². The molecule has 0 saturated carbocycles. The first-order chi connectivity index (χ1) is 11.4. The maximum Gasteiger partial charge on any atom is 0.332 e. The van der Waals surface area contributed by atoms with Crippen molar-refractivity contribution in [2.45, 2.75) is 5.92 Å². The van der Waals surface area contributed by atoms with E-state index in [1.807, 2.05) is 35.2 Å². The van der Waals surface area contributed by atoms with Crippen molar-refractivity contribution in [1.82, 2.24) is 9.13 Å². The van der Waals surface area contributed by atoms with E-state index in [9.17, 15) is 14.4 Å². The second-order valence-electron chi connectivity index (χ2n) is 6.17. The molecule has 1 aromatic carbocycles. The summed E-state index contributed by atoms with van der Waals surface area (Å²) in [4.78, 5) is 37.9. The predicted molar refractivity (Wildman–Crippen MR) is 91.0 cm³/mol. The molecule has 2 heterocycles. The van der Waals surface area contributed by atoms with Gasteiger partial charge in [0.05, 0.1) is 5.92 Å². The lowest BCUT2D eigenvalue weighted by molar-refractivity contribution is -0.121. The molecule has 24 heavy (non-hydrogen) atoms. The molecule has 1 aliphatic heterocycles. The van der Waals surface area contributed by atoms with Gasteiger partial charge in [-0.05, 0) is 5.56 Å². The first-order valence-corrected chi connectivity index (χ1v) is 7.76. The van der Waals surface area contributed by atoms with Crippen molar-refractivity contribution in [1.29, 1.82) is 0 Å². The molecule has 0 radical (unpaired) electrons. The van der Waals surface area contributed by atoms with Crippen LogP contribution in [0.5, 0.6) is 0 Å². The Hall–Kier alpha value is -2.83. The monoisotopic (exact) mass is 328 g/mol. The van der Waals surface area contributed by atoms with Gasteiger partial charge in [0.15, 0.2) is 0 Å². The Morgan fingerprint density at radius 1 is 1.08 bits per heavy atom. The van der Waals surface area contributed by atoms with Crippen LogP contribution in [0.4, 0.5) is 5.82 Å². The Morgan fingerprint density at radius 3 is 2.38 bits per heavy atom. The van der Waals surface area contributed by atoms with E-state index in [1.165, 1.54) is 17.7 Å². The molecule has 1 amide bonds. The highest BCUT2D eigenvalue weighted by Gasteiger charge is 2.38. The Kier molecular flexibility index (Phi) is 4.01. The lowest BCUT2D eigenvalue weighted by atomic mass is 9.89. The van der Waals surface area contributed by atoms with Crippen LogP contribution in [-0.2, 0) is 18.9 Å². The van der Waals surface area contributed by atoms with Crippen LogP contribution in [0, 0.1) is 5.92 Å². The molecule has 1 aliphatic rings. The van der Waals surface area contributed by atoms with E-state index in [1.54, 1.807) is 7.05 Å². The van der Waals surface area contributed by atoms with Crippen molar-refractivity contribution in [3.05, 3.63) is 62.8 Å². The minimum Gasteiger partial charge on any atom is -0.369 e. The zero-order chi connectivity index (χ0) is 17.4. The molecular weight excluding hydrogens is 308 g/mol. The lowest BCUT2D eigenvalue weighted by Gasteiger charge is -2.21. The minimum atomic E-state index is -0.392. The van der Waals surface area contributed by atoms with Gasteiger partial charge >= 0.3 is 5.69 Å². The van der Waals surface area contributed by atoms with E-state index in [-0.39, 0.29) is 23.3 Å². The second-order valence-corrected chi connectivity index (χ2v) is 6.17. The molecule has 0 aliphatic carbocycles. The smallest absolute Gasteiger partial charge is 0.332 e. The Bertz CT molecular complexity index is 885. The van der Waals surface area contributed by atoms with E-state index in [2.05, 4.69) is 0 Å². The van der Waals surface area contributed by atoms with Crippen LogP contribution in [0.1, 0.15) is 11.5 Å². The van der Waals surface area contributed by atoms with Crippen LogP contribution < -0.4 is 21.9 Å². The number of carbonyl (C=O) groups excluding carboxylic acids is 1. The summed E-state index contributed by atoms with van der Waals surface area (Å²) in [6.07, 6.45) is 0. The van der Waals surface area contributed by atoms with E-state index in [0.29, 0.717) is 18.9 Å². The van der Waals surface area contributed by atoms with E-state index in [4.69, 9.17) is 5.73 Å². The largest absolute Gasteiger partial charge is 0.369 e. The first kappa shape index (κ1) is 16.0. The van der Waals surface area contributed by atoms with Gasteiger partial charge in [-0.1, -0.05) is 30.3 Å². The summed E-state index contributed by atoms with van der Waals surface area (Å²) in [7, 11) is 3.06. The molecule has 2 N–H and O–H groups in total. The van der Waals surface area contributed by atoms with Gasteiger partial charge in [-0.15, -0.1) is 0 Å². The van der Waals surface area contributed by atoms with E-state index in [0.717, 1.165) is 10.1 Å². The van der Waals surface area contributed by atoms with E-state index < -0.39 is 5.69 Å². The number of anilines is 1. The van der Waals surface area contributed by atoms with Crippen LogP contribution in [0.15, 0.2) is 46.0 Å². The first-order valence-electron chi connectivity index (χ1n) is 7.76. The highest BCUT2D eigenvalue weighted by atomic mass is 16.2. The third-order valence-electron chi connectivity index (χ3n) is 4.74. The highest BCUT2D eigenvalue weighted by Crippen LogP contribution is 2.34. The van der Waals surface area contributed by atoms with Crippen LogP contribution >= 0.6 is 0 Å². The molecule has 0 bridgehead atoms. The Labute approximate surface area is 138 Å². The average molecular weight is 328 g/mol.